The van der Waals surface area contributed by atoms with Crippen LogP contribution in [-0.4, -0.2) is 20.9 Å². The largest absolute Gasteiger partial charge is 0.416 e. The maximum absolute atomic E-state index is 13.0. The van der Waals surface area contributed by atoms with Crippen LogP contribution in [-0.2, 0) is 30.4 Å². The van der Waals surface area contributed by atoms with Crippen LogP contribution in [0.5, 0.6) is 0 Å². The summed E-state index contributed by atoms with van der Waals surface area (Å²) < 4.78 is 39.8. The predicted octanol–water partition coefficient (Wildman–Crippen LogP) is 5.78. The van der Waals surface area contributed by atoms with Crippen LogP contribution in [0.4, 0.5) is 24.7 Å². The summed E-state index contributed by atoms with van der Waals surface area (Å²) in [5, 5.41) is 7.09. The van der Waals surface area contributed by atoms with Crippen molar-refractivity contribution in [3.8, 4) is 0 Å². The number of nitrogens with zero attached hydrogens (tertiary/aromatic N) is 2. The first-order valence-corrected chi connectivity index (χ1v) is 13.5. The summed E-state index contributed by atoms with van der Waals surface area (Å²) in [5.41, 5.74) is 2.37. The van der Waals surface area contributed by atoms with E-state index in [9.17, 15) is 22.8 Å². The molecule has 3 heterocycles. The number of nitrogens with one attached hydrogen (secondary N) is 3. The quantitative estimate of drug-likeness (QED) is 0.255. The van der Waals surface area contributed by atoms with E-state index < -0.39 is 11.7 Å². The molecule has 194 valence electrons. The van der Waals surface area contributed by atoms with Gasteiger partial charge in [-0.3, -0.25) is 9.59 Å². The number of alkyl halides is 3. The minimum atomic E-state index is -4.42. The number of hydrogen-bond donors (Lipinski definition) is 3. The normalized spacial score (nSPS) is 15.5. The maximum Gasteiger partial charge on any atom is 0.416 e. The van der Waals surface area contributed by atoms with E-state index in [2.05, 4.69) is 25.6 Å². The van der Waals surface area contributed by atoms with E-state index in [0.29, 0.717) is 30.6 Å². The van der Waals surface area contributed by atoms with Gasteiger partial charge >= 0.3 is 11.0 Å². The number of hydrogen-bond acceptors (Lipinski definition) is 7. The van der Waals surface area contributed by atoms with E-state index in [1.165, 1.54) is 23.7 Å². The number of thiophene rings is 1. The van der Waals surface area contributed by atoms with Crippen LogP contribution in [0.25, 0.3) is 20.4 Å². The van der Waals surface area contributed by atoms with Crippen molar-refractivity contribution in [1.29, 1.82) is 0 Å². The molecule has 1 aliphatic carbocycles. The summed E-state index contributed by atoms with van der Waals surface area (Å²) in [6.45, 7) is 0.0399. The van der Waals surface area contributed by atoms with Gasteiger partial charge in [-0.05, 0) is 60.7 Å². The summed E-state index contributed by atoms with van der Waals surface area (Å²) in [6, 6.07) is 10.6. The molecule has 7 nitrogen and oxygen atoms in total. The lowest BCUT2D eigenvalue weighted by atomic mass is 9.87. The first-order valence-electron chi connectivity index (χ1n) is 11.8. The first kappa shape index (κ1) is 24.6. The second-order valence-electron chi connectivity index (χ2n) is 9.11. The number of halogens is 3. The number of fused-ring (bicyclic) bond motifs is 4. The fourth-order valence-corrected chi connectivity index (χ4v) is 6.82. The highest BCUT2D eigenvalue weighted by molar-refractivity contribution is 7.19. The van der Waals surface area contributed by atoms with Crippen molar-refractivity contribution in [3.05, 3.63) is 80.0 Å². The third-order valence-electron chi connectivity index (χ3n) is 6.62. The summed E-state index contributed by atoms with van der Waals surface area (Å²) >= 11 is 2.67. The molecule has 0 saturated carbocycles. The van der Waals surface area contributed by atoms with Crippen molar-refractivity contribution < 1.29 is 18.0 Å². The Hall–Kier alpha value is -3.77. The van der Waals surface area contributed by atoms with Gasteiger partial charge < -0.3 is 15.6 Å². The minimum Gasteiger partial charge on any atom is -0.352 e. The summed E-state index contributed by atoms with van der Waals surface area (Å²) in [6.07, 6.45) is -1.11. The smallest absolute Gasteiger partial charge is 0.352 e. The summed E-state index contributed by atoms with van der Waals surface area (Å²) in [5.74, 6) is 0.223. The van der Waals surface area contributed by atoms with Crippen molar-refractivity contribution >= 4 is 60.5 Å². The Morgan fingerprint density at radius 2 is 2.00 bits per heavy atom. The van der Waals surface area contributed by atoms with Gasteiger partial charge in [-0.25, -0.2) is 9.97 Å². The molecule has 0 spiro atoms. The Labute approximate surface area is 221 Å². The highest BCUT2D eigenvalue weighted by atomic mass is 32.1. The summed E-state index contributed by atoms with van der Waals surface area (Å²) in [4.78, 5) is 38.0. The number of aromatic nitrogens is 3. The minimum absolute atomic E-state index is 0.0399. The number of thiazole rings is 1. The molecule has 1 amide bonds. The van der Waals surface area contributed by atoms with Gasteiger partial charge in [-0.1, -0.05) is 23.5 Å². The first-order chi connectivity index (χ1) is 18.2. The van der Waals surface area contributed by atoms with Crippen molar-refractivity contribution in [2.24, 2.45) is 5.92 Å². The van der Waals surface area contributed by atoms with Crippen LogP contribution in [0.3, 0.4) is 0 Å². The molecule has 3 N–H and O–H groups in total. The molecule has 0 bridgehead atoms. The Morgan fingerprint density at radius 1 is 1.13 bits per heavy atom. The van der Waals surface area contributed by atoms with E-state index in [4.69, 9.17) is 0 Å². The van der Waals surface area contributed by atoms with Gasteiger partial charge in [0, 0.05) is 23.0 Å². The van der Waals surface area contributed by atoms with Gasteiger partial charge in [0.15, 0.2) is 0 Å². The van der Waals surface area contributed by atoms with Crippen molar-refractivity contribution in [3.63, 3.8) is 0 Å². The fraction of sp³-hybridized carbons (Fsp3) is 0.231. The Kier molecular flexibility index (Phi) is 6.15. The molecule has 38 heavy (non-hydrogen) atoms. The van der Waals surface area contributed by atoms with E-state index in [1.807, 2.05) is 18.2 Å². The van der Waals surface area contributed by atoms with Crippen molar-refractivity contribution in [2.45, 2.75) is 32.0 Å². The zero-order valence-corrected chi connectivity index (χ0v) is 21.3. The average molecular weight is 556 g/mol. The number of aromatic amines is 1. The lowest BCUT2D eigenvalue weighted by Crippen LogP contribution is -2.33. The molecule has 12 heteroatoms. The number of H-pyrrole nitrogens is 1. The lowest BCUT2D eigenvalue weighted by Gasteiger charge is -2.22. The topological polar surface area (TPSA) is 99.8 Å². The Morgan fingerprint density at radius 3 is 2.84 bits per heavy atom. The summed E-state index contributed by atoms with van der Waals surface area (Å²) in [7, 11) is 0. The van der Waals surface area contributed by atoms with Gasteiger partial charge in [0.1, 0.15) is 17.0 Å². The van der Waals surface area contributed by atoms with Gasteiger partial charge in [0.2, 0.25) is 5.91 Å². The standard InChI is InChI=1S/C26H20F3N5O2S2/c27-26(28,29)15-3-1-2-13(8-15)11-30-23(35)14-4-6-17-19(9-14)37-24-21(17)22(31-12-32-24)33-16-5-7-18-20(10-16)38-25(36)34-18/h1-3,5,7-8,10,12,14H,4,6,9,11H2,(H,30,35)(H,34,36)(H,31,32,33)/t14-/m1/s1. The predicted molar refractivity (Wildman–Crippen MR) is 142 cm³/mol. The molecule has 1 atom stereocenters. The van der Waals surface area contributed by atoms with Crippen LogP contribution in [0.15, 0.2) is 53.6 Å². The molecule has 0 saturated heterocycles. The van der Waals surface area contributed by atoms with Gasteiger partial charge in [-0.2, -0.15) is 13.2 Å². The molecule has 0 unspecified atom stereocenters. The lowest BCUT2D eigenvalue weighted by molar-refractivity contribution is -0.137. The van der Waals surface area contributed by atoms with E-state index in [1.54, 1.807) is 6.07 Å². The molecule has 5 aromatic rings. The Bertz CT molecular complexity index is 1740. The second-order valence-corrected chi connectivity index (χ2v) is 11.2. The van der Waals surface area contributed by atoms with Gasteiger partial charge in [0.25, 0.3) is 0 Å². The van der Waals surface area contributed by atoms with Crippen LogP contribution >= 0.6 is 22.7 Å². The molecule has 0 aliphatic heterocycles. The van der Waals surface area contributed by atoms with Crippen molar-refractivity contribution in [1.82, 2.24) is 20.3 Å². The molecule has 0 fully saturated rings. The number of anilines is 2. The van der Waals surface area contributed by atoms with Gasteiger partial charge in [-0.15, -0.1) is 11.3 Å². The molecule has 1 aliphatic rings. The van der Waals surface area contributed by atoms with Crippen LogP contribution < -0.4 is 15.5 Å². The third kappa shape index (κ3) is 4.76. The second kappa shape index (κ2) is 9.52. The number of benzene rings is 2. The third-order valence-corrected chi connectivity index (χ3v) is 8.63. The van der Waals surface area contributed by atoms with E-state index in [0.717, 1.165) is 60.0 Å². The van der Waals surface area contributed by atoms with Gasteiger partial charge in [0.05, 0.1) is 21.2 Å². The maximum atomic E-state index is 13.0. The molecule has 3 aromatic heterocycles. The zero-order chi connectivity index (χ0) is 26.4. The number of aryl methyl sites for hydroxylation is 1. The number of carbonyl (C=O) groups excluding carboxylic acids is 1. The number of carbonyl (C=O) groups is 1. The highest BCUT2D eigenvalue weighted by Crippen LogP contribution is 2.40. The average Bonchev–Trinajstić information content (AvgIpc) is 3.46. The molecular formula is C26H20F3N5O2S2. The van der Waals surface area contributed by atoms with E-state index in [-0.39, 0.29) is 23.2 Å². The zero-order valence-electron chi connectivity index (χ0n) is 19.7. The van der Waals surface area contributed by atoms with Crippen LogP contribution in [0.2, 0.25) is 0 Å². The molecule has 2 aromatic carbocycles. The molecule has 6 rings (SSSR count). The monoisotopic (exact) mass is 555 g/mol. The van der Waals surface area contributed by atoms with Crippen molar-refractivity contribution in [2.75, 3.05) is 5.32 Å². The van der Waals surface area contributed by atoms with Crippen LogP contribution in [0.1, 0.15) is 28.0 Å². The molecule has 0 radical (unpaired) electrons. The fourth-order valence-electron chi connectivity index (χ4n) is 4.78. The SMILES string of the molecule is O=C(NCc1cccc(C(F)(F)F)c1)[C@@H]1CCc2c(sc3ncnc(Nc4ccc5[nH]c(=O)sc5c4)c23)C1. The molecular weight excluding hydrogens is 535 g/mol. The number of amides is 1. The number of rotatable bonds is 5. The highest BCUT2D eigenvalue weighted by Gasteiger charge is 2.31. The van der Waals surface area contributed by atoms with Crippen LogP contribution in [0, 0.1) is 5.92 Å². The Balaban J connectivity index is 1.19. The van der Waals surface area contributed by atoms with E-state index >= 15 is 0 Å².